The van der Waals surface area contributed by atoms with Gasteiger partial charge in [-0.1, -0.05) is 25.8 Å². The molecule has 0 aromatic rings. The van der Waals surface area contributed by atoms with Gasteiger partial charge in [0.05, 0.1) is 0 Å². The normalized spacial score (nSPS) is 45.5. The van der Waals surface area contributed by atoms with Crippen molar-refractivity contribution < 1.29 is 4.79 Å². The molecule has 0 radical (unpaired) electrons. The average molecular weight is 247 g/mol. The molecular weight excluding hydrogens is 222 g/mol. The van der Waals surface area contributed by atoms with Crippen molar-refractivity contribution in [1.82, 2.24) is 4.90 Å². The summed E-state index contributed by atoms with van der Waals surface area (Å²) in [6.45, 7) is 7.26. The zero-order chi connectivity index (χ0) is 12.8. The van der Waals surface area contributed by atoms with Gasteiger partial charge < -0.3 is 0 Å². The van der Waals surface area contributed by atoms with Gasteiger partial charge in [0.2, 0.25) is 0 Å². The largest absolute Gasteiger partial charge is 0.299 e. The number of carbonyl (C=O) groups is 1. The van der Waals surface area contributed by atoms with Gasteiger partial charge in [-0.05, 0) is 38.6 Å². The van der Waals surface area contributed by atoms with E-state index in [9.17, 15) is 4.79 Å². The summed E-state index contributed by atoms with van der Waals surface area (Å²) in [5.41, 5.74) is 0.273. The lowest BCUT2D eigenvalue weighted by Gasteiger charge is -2.45. The van der Waals surface area contributed by atoms with Crippen LogP contribution in [0.25, 0.3) is 0 Å². The van der Waals surface area contributed by atoms with Crippen molar-refractivity contribution >= 4 is 5.78 Å². The Morgan fingerprint density at radius 1 is 1.50 bits per heavy atom. The fourth-order valence-corrected chi connectivity index (χ4v) is 4.98. The van der Waals surface area contributed by atoms with Crippen LogP contribution in [-0.4, -0.2) is 28.8 Å². The third kappa shape index (κ3) is 1.48. The van der Waals surface area contributed by atoms with Gasteiger partial charge in [-0.25, -0.2) is 0 Å². The quantitative estimate of drug-likeness (QED) is 0.695. The smallest absolute Gasteiger partial charge is 0.142 e. The van der Waals surface area contributed by atoms with E-state index in [1.165, 1.54) is 38.6 Å². The van der Waals surface area contributed by atoms with Crippen LogP contribution in [0.5, 0.6) is 0 Å². The molecular formula is C16H25NO. The number of unbranched alkanes of at least 4 members (excludes halogenated alkanes) is 1. The van der Waals surface area contributed by atoms with Crippen LogP contribution in [0.1, 0.15) is 51.9 Å². The van der Waals surface area contributed by atoms with Crippen molar-refractivity contribution in [3.8, 4) is 0 Å². The Morgan fingerprint density at radius 3 is 3.06 bits per heavy atom. The fraction of sp³-hybridized carbons (Fsp3) is 0.812. The van der Waals surface area contributed by atoms with Crippen LogP contribution < -0.4 is 0 Å². The van der Waals surface area contributed by atoms with Crippen molar-refractivity contribution in [3.05, 3.63) is 12.7 Å². The Morgan fingerprint density at radius 2 is 2.33 bits per heavy atom. The Bertz CT molecular complexity index is 364. The maximum atomic E-state index is 12.7. The monoisotopic (exact) mass is 247 g/mol. The minimum atomic E-state index is 0.257. The molecule has 0 amide bonds. The lowest BCUT2D eigenvalue weighted by Crippen LogP contribution is -2.56. The van der Waals surface area contributed by atoms with Crippen LogP contribution in [0.4, 0.5) is 0 Å². The van der Waals surface area contributed by atoms with Gasteiger partial charge >= 0.3 is 0 Å². The number of nitrogens with zero attached hydrogens (tertiary/aromatic N) is 1. The van der Waals surface area contributed by atoms with Crippen LogP contribution in [0, 0.1) is 11.8 Å². The van der Waals surface area contributed by atoms with E-state index in [-0.39, 0.29) is 11.5 Å². The summed E-state index contributed by atoms with van der Waals surface area (Å²) < 4.78 is 0. The highest BCUT2D eigenvalue weighted by Gasteiger charge is 2.63. The van der Waals surface area contributed by atoms with Crippen molar-refractivity contribution in [3.63, 3.8) is 0 Å². The van der Waals surface area contributed by atoms with E-state index in [0.717, 1.165) is 12.8 Å². The number of hydrogen-bond acceptors (Lipinski definition) is 2. The first-order valence-corrected chi connectivity index (χ1v) is 7.66. The standard InChI is InChI=1S/C16H25NO/c1-3-5-9-16-10-7-14-12(6-4-2)15(18)13(16)8-11-17(14)16/h4,12-14H,2-3,5-11H2,1H3/t12-,13+,14+,16-/m1/s1. The number of Topliss-reactive ketones (excluding diaryl/α,β-unsaturated/α-hetero) is 1. The maximum Gasteiger partial charge on any atom is 0.142 e. The summed E-state index contributed by atoms with van der Waals surface area (Å²) in [6.07, 6.45) is 10.2. The Balaban J connectivity index is 1.89. The lowest BCUT2D eigenvalue weighted by molar-refractivity contribution is -0.135. The van der Waals surface area contributed by atoms with E-state index in [1.807, 2.05) is 6.08 Å². The van der Waals surface area contributed by atoms with Crippen molar-refractivity contribution in [2.24, 2.45) is 11.8 Å². The van der Waals surface area contributed by atoms with Crippen LogP contribution in [-0.2, 0) is 4.79 Å². The second-order valence-electron chi connectivity index (χ2n) is 6.38. The molecule has 3 heterocycles. The van der Waals surface area contributed by atoms with E-state index in [2.05, 4.69) is 18.4 Å². The first kappa shape index (κ1) is 12.4. The molecule has 5 atom stereocenters. The molecule has 0 aromatic carbocycles. The van der Waals surface area contributed by atoms with Gasteiger partial charge in [0.1, 0.15) is 5.78 Å². The van der Waals surface area contributed by atoms with Gasteiger partial charge in [-0.15, -0.1) is 6.58 Å². The zero-order valence-corrected chi connectivity index (χ0v) is 11.5. The third-order valence-electron chi connectivity index (χ3n) is 5.71. The van der Waals surface area contributed by atoms with Crippen molar-refractivity contribution in [2.75, 3.05) is 6.54 Å². The predicted octanol–water partition coefficient (Wildman–Crippen LogP) is 3.17. The number of carbonyl (C=O) groups excluding carboxylic acids is 1. The third-order valence-corrected chi connectivity index (χ3v) is 5.71. The van der Waals surface area contributed by atoms with Gasteiger partial charge in [-0.3, -0.25) is 9.69 Å². The highest BCUT2D eigenvalue weighted by Crippen LogP contribution is 2.56. The summed E-state index contributed by atoms with van der Waals surface area (Å²) >= 11 is 0. The highest BCUT2D eigenvalue weighted by molar-refractivity contribution is 5.87. The first-order valence-electron chi connectivity index (χ1n) is 7.66. The van der Waals surface area contributed by atoms with Gasteiger partial charge in [-0.2, -0.15) is 0 Å². The summed E-state index contributed by atoms with van der Waals surface area (Å²) in [5, 5.41) is 0. The van der Waals surface area contributed by atoms with Crippen LogP contribution in [0.15, 0.2) is 12.7 Å². The minimum Gasteiger partial charge on any atom is -0.299 e. The second-order valence-corrected chi connectivity index (χ2v) is 6.38. The molecule has 3 saturated heterocycles. The molecule has 0 aliphatic carbocycles. The first-order chi connectivity index (χ1) is 8.74. The van der Waals surface area contributed by atoms with E-state index in [4.69, 9.17) is 0 Å². The molecule has 4 bridgehead atoms. The molecule has 3 fully saturated rings. The van der Waals surface area contributed by atoms with Crippen LogP contribution >= 0.6 is 0 Å². The molecule has 3 aliphatic heterocycles. The van der Waals surface area contributed by atoms with Crippen LogP contribution in [0.2, 0.25) is 0 Å². The van der Waals surface area contributed by atoms with Gasteiger partial charge in [0.15, 0.2) is 0 Å². The number of hydrogen-bond donors (Lipinski definition) is 0. The molecule has 3 rings (SSSR count). The van der Waals surface area contributed by atoms with Crippen LogP contribution in [0.3, 0.4) is 0 Å². The molecule has 2 nitrogen and oxygen atoms in total. The van der Waals surface area contributed by atoms with Gasteiger partial charge in [0, 0.05) is 23.4 Å². The summed E-state index contributed by atoms with van der Waals surface area (Å²) in [6, 6.07) is 0.533. The minimum absolute atomic E-state index is 0.257. The summed E-state index contributed by atoms with van der Waals surface area (Å²) in [4.78, 5) is 15.5. The zero-order valence-electron chi connectivity index (χ0n) is 11.5. The predicted molar refractivity (Wildman–Crippen MR) is 73.4 cm³/mol. The molecule has 2 heteroatoms. The second kappa shape index (κ2) is 4.48. The topological polar surface area (TPSA) is 20.3 Å². The van der Waals surface area contributed by atoms with Crippen molar-refractivity contribution in [2.45, 2.75) is 63.5 Å². The number of piperidine rings is 1. The molecule has 0 aromatic heterocycles. The molecule has 0 saturated carbocycles. The van der Waals surface area contributed by atoms with E-state index >= 15 is 0 Å². The molecule has 1 unspecified atom stereocenters. The molecule has 0 N–H and O–H groups in total. The molecule has 0 spiro atoms. The summed E-state index contributed by atoms with van der Waals surface area (Å²) in [7, 11) is 0. The number of ketones is 1. The SMILES string of the molecule is C=CC[C@H]1C(=O)[C@@H]2CCN3[C@H]1CC[C@]23CCCC. The number of allylic oxidation sites excluding steroid dienone is 1. The molecule has 18 heavy (non-hydrogen) atoms. The van der Waals surface area contributed by atoms with Crippen molar-refractivity contribution in [1.29, 1.82) is 0 Å². The van der Waals surface area contributed by atoms with E-state index in [1.54, 1.807) is 0 Å². The average Bonchev–Trinajstić information content (AvgIpc) is 2.82. The Labute approximate surface area is 110 Å². The van der Waals surface area contributed by atoms with Gasteiger partial charge in [0.25, 0.3) is 0 Å². The Kier molecular flexibility index (Phi) is 3.09. The highest BCUT2D eigenvalue weighted by atomic mass is 16.1. The lowest BCUT2D eigenvalue weighted by atomic mass is 9.72. The molecule has 100 valence electrons. The number of rotatable bonds is 5. The maximum absolute atomic E-state index is 12.7. The van der Waals surface area contributed by atoms with E-state index < -0.39 is 0 Å². The Hall–Kier alpha value is -0.630. The summed E-state index contributed by atoms with van der Waals surface area (Å²) in [5.74, 6) is 1.17. The fourth-order valence-electron chi connectivity index (χ4n) is 4.98. The van der Waals surface area contributed by atoms with E-state index in [0.29, 0.717) is 17.7 Å². The molecule has 3 aliphatic rings.